The van der Waals surface area contributed by atoms with Gasteiger partial charge in [-0.05, 0) is 36.8 Å². The number of fused-ring (bicyclic) bond motifs is 1. The van der Waals surface area contributed by atoms with E-state index in [0.29, 0.717) is 7.18 Å². The normalized spacial score (nSPS) is 14.2. The van der Waals surface area contributed by atoms with Gasteiger partial charge in [-0.2, -0.15) is 0 Å². The molecule has 0 N–H and O–H groups in total. The third kappa shape index (κ3) is 2.07. The molecule has 2 rings (SSSR count). The molecule has 1 heteroatoms. The number of benzene rings is 1. The molecule has 0 nitrogen and oxygen atoms in total. The highest BCUT2D eigenvalue weighted by molar-refractivity contribution is 5.28. The van der Waals surface area contributed by atoms with Crippen LogP contribution in [0.2, 0.25) is 0 Å². The number of hydrogen-bond donors (Lipinski definition) is 0. The van der Waals surface area contributed by atoms with E-state index in [2.05, 4.69) is 24.3 Å². The summed E-state index contributed by atoms with van der Waals surface area (Å²) in [6.07, 6.45) is 5.38. The maximum atomic E-state index is 9.50. The first-order valence-electron chi connectivity index (χ1n) is 4.41. The lowest BCUT2D eigenvalue weighted by atomic mass is 9.92. The highest BCUT2D eigenvalue weighted by atomic mass is 19.1. The molecule has 0 aromatic heterocycles. The van der Waals surface area contributed by atoms with Crippen molar-refractivity contribution in [3.63, 3.8) is 0 Å². The van der Waals surface area contributed by atoms with Gasteiger partial charge in [-0.15, -0.1) is 0 Å². The van der Waals surface area contributed by atoms with E-state index in [4.69, 9.17) is 0 Å². The van der Waals surface area contributed by atoms with Crippen LogP contribution in [-0.2, 0) is 12.8 Å². The standard InChI is InChI=1S/C10H12.CH3F/c1-2-6-10-8-4-3-7-9(10)5-1;1-2/h1-2,5-6H,3-4,7-8H2;1H3. The van der Waals surface area contributed by atoms with Crippen molar-refractivity contribution in [3.05, 3.63) is 35.4 Å². The van der Waals surface area contributed by atoms with Gasteiger partial charge < -0.3 is 0 Å². The fraction of sp³-hybridized carbons (Fsp3) is 0.455. The predicted octanol–water partition coefficient (Wildman–Crippen LogP) is 3.15. The minimum atomic E-state index is 0.500. The van der Waals surface area contributed by atoms with E-state index in [1.165, 1.54) is 25.7 Å². The van der Waals surface area contributed by atoms with Crippen molar-refractivity contribution in [2.75, 3.05) is 7.18 Å². The molecule has 0 atom stereocenters. The van der Waals surface area contributed by atoms with Crippen molar-refractivity contribution < 1.29 is 4.39 Å². The van der Waals surface area contributed by atoms with Gasteiger partial charge in [-0.25, -0.2) is 0 Å². The Kier molecular flexibility index (Phi) is 3.78. The van der Waals surface area contributed by atoms with Crippen molar-refractivity contribution >= 4 is 0 Å². The average Bonchev–Trinajstić information content (AvgIpc) is 2.21. The first-order valence-corrected chi connectivity index (χ1v) is 4.41. The Bertz CT molecular complexity index is 205. The van der Waals surface area contributed by atoms with E-state index in [1.807, 2.05) is 0 Å². The molecule has 0 heterocycles. The molecule has 1 aliphatic carbocycles. The van der Waals surface area contributed by atoms with Crippen molar-refractivity contribution in [1.29, 1.82) is 0 Å². The van der Waals surface area contributed by atoms with Gasteiger partial charge in [0.05, 0.1) is 7.18 Å². The molecule has 1 aromatic carbocycles. The molecule has 0 amide bonds. The van der Waals surface area contributed by atoms with Gasteiger partial charge in [0.25, 0.3) is 0 Å². The van der Waals surface area contributed by atoms with E-state index in [9.17, 15) is 4.39 Å². The SMILES string of the molecule is CF.c1ccc2c(c1)CCCC2. The summed E-state index contributed by atoms with van der Waals surface area (Å²) in [5, 5.41) is 0. The lowest BCUT2D eigenvalue weighted by molar-refractivity contribution is 0.636. The molecule has 0 spiro atoms. The molecule has 0 aliphatic heterocycles. The zero-order valence-corrected chi connectivity index (χ0v) is 7.52. The maximum Gasteiger partial charge on any atom is 0.0785 e. The Balaban J connectivity index is 0.000000336. The van der Waals surface area contributed by atoms with E-state index in [-0.39, 0.29) is 0 Å². The van der Waals surface area contributed by atoms with Crippen molar-refractivity contribution in [2.24, 2.45) is 0 Å². The highest BCUT2D eigenvalue weighted by Crippen LogP contribution is 2.19. The summed E-state index contributed by atoms with van der Waals surface area (Å²) in [4.78, 5) is 0. The summed E-state index contributed by atoms with van der Waals surface area (Å²) in [6, 6.07) is 8.80. The number of halogens is 1. The first kappa shape index (κ1) is 9.24. The topological polar surface area (TPSA) is 0 Å². The summed E-state index contributed by atoms with van der Waals surface area (Å²) in [5.74, 6) is 0. The van der Waals surface area contributed by atoms with Crippen LogP contribution < -0.4 is 0 Å². The molecule has 0 bridgehead atoms. The number of hydrogen-bond acceptors (Lipinski definition) is 0. The Morgan fingerprint density at radius 2 is 1.33 bits per heavy atom. The molecule has 0 fully saturated rings. The molecular formula is C11H15F. The summed E-state index contributed by atoms with van der Waals surface area (Å²) in [6.45, 7) is 0. The van der Waals surface area contributed by atoms with Gasteiger partial charge >= 0.3 is 0 Å². The van der Waals surface area contributed by atoms with Crippen LogP contribution >= 0.6 is 0 Å². The van der Waals surface area contributed by atoms with Gasteiger partial charge in [0.2, 0.25) is 0 Å². The minimum Gasteiger partial charge on any atom is -0.255 e. The second-order valence-corrected chi connectivity index (χ2v) is 2.98. The highest BCUT2D eigenvalue weighted by Gasteiger charge is 2.05. The summed E-state index contributed by atoms with van der Waals surface area (Å²) < 4.78 is 9.50. The molecular weight excluding hydrogens is 151 g/mol. The Labute approximate surface area is 73.4 Å². The quantitative estimate of drug-likeness (QED) is 0.555. The third-order valence-corrected chi connectivity index (χ3v) is 2.26. The zero-order valence-electron chi connectivity index (χ0n) is 7.52. The lowest BCUT2D eigenvalue weighted by Gasteiger charge is -2.13. The van der Waals surface area contributed by atoms with E-state index >= 15 is 0 Å². The van der Waals surface area contributed by atoms with Crippen LogP contribution in [0.1, 0.15) is 24.0 Å². The van der Waals surface area contributed by atoms with E-state index in [1.54, 1.807) is 11.1 Å². The van der Waals surface area contributed by atoms with Crippen LogP contribution in [0.15, 0.2) is 24.3 Å². The van der Waals surface area contributed by atoms with Gasteiger partial charge in [-0.3, -0.25) is 4.39 Å². The maximum absolute atomic E-state index is 9.50. The van der Waals surface area contributed by atoms with Crippen molar-refractivity contribution in [2.45, 2.75) is 25.7 Å². The summed E-state index contributed by atoms with van der Waals surface area (Å²) in [7, 11) is 0.500. The largest absolute Gasteiger partial charge is 0.255 e. The van der Waals surface area contributed by atoms with E-state index < -0.39 is 0 Å². The summed E-state index contributed by atoms with van der Waals surface area (Å²) >= 11 is 0. The second kappa shape index (κ2) is 4.91. The fourth-order valence-electron chi connectivity index (χ4n) is 1.68. The van der Waals surface area contributed by atoms with Gasteiger partial charge in [0.1, 0.15) is 0 Å². The fourth-order valence-corrected chi connectivity index (χ4v) is 1.68. The van der Waals surface area contributed by atoms with Crippen molar-refractivity contribution in [3.8, 4) is 0 Å². The summed E-state index contributed by atoms with van der Waals surface area (Å²) in [5.41, 5.74) is 3.16. The smallest absolute Gasteiger partial charge is 0.0785 e. The van der Waals surface area contributed by atoms with E-state index in [0.717, 1.165) is 0 Å². The Morgan fingerprint density at radius 1 is 0.917 bits per heavy atom. The van der Waals surface area contributed by atoms with Gasteiger partial charge in [0, 0.05) is 0 Å². The number of rotatable bonds is 0. The monoisotopic (exact) mass is 166 g/mol. The van der Waals surface area contributed by atoms with Crippen LogP contribution in [0.3, 0.4) is 0 Å². The van der Waals surface area contributed by atoms with Gasteiger partial charge in [0.15, 0.2) is 0 Å². The van der Waals surface area contributed by atoms with Crippen LogP contribution in [0, 0.1) is 0 Å². The molecule has 0 saturated heterocycles. The molecule has 0 radical (unpaired) electrons. The zero-order chi connectivity index (χ0) is 8.81. The van der Waals surface area contributed by atoms with Crippen molar-refractivity contribution in [1.82, 2.24) is 0 Å². The van der Waals surface area contributed by atoms with Crippen LogP contribution in [0.25, 0.3) is 0 Å². The molecule has 1 aromatic rings. The molecule has 66 valence electrons. The lowest BCUT2D eigenvalue weighted by Crippen LogP contribution is -2.00. The number of alkyl halides is 1. The third-order valence-electron chi connectivity index (χ3n) is 2.26. The van der Waals surface area contributed by atoms with Crippen LogP contribution in [-0.4, -0.2) is 7.18 Å². The predicted molar refractivity (Wildman–Crippen MR) is 50.1 cm³/mol. The first-order chi connectivity index (χ1) is 5.97. The van der Waals surface area contributed by atoms with Crippen LogP contribution in [0.5, 0.6) is 0 Å². The second-order valence-electron chi connectivity index (χ2n) is 2.98. The number of aryl methyl sites for hydroxylation is 2. The molecule has 0 saturated carbocycles. The molecule has 12 heavy (non-hydrogen) atoms. The minimum absolute atomic E-state index is 0.500. The van der Waals surface area contributed by atoms with Gasteiger partial charge in [-0.1, -0.05) is 24.3 Å². The molecule has 0 unspecified atom stereocenters. The van der Waals surface area contributed by atoms with Crippen LogP contribution in [0.4, 0.5) is 4.39 Å². The Morgan fingerprint density at radius 3 is 1.75 bits per heavy atom. The molecule has 1 aliphatic rings. The average molecular weight is 166 g/mol. The Hall–Kier alpha value is -0.850.